The highest BCUT2D eigenvalue weighted by molar-refractivity contribution is 6.17. The Morgan fingerprint density at radius 3 is 1.74 bits per heavy atom. The van der Waals surface area contributed by atoms with E-state index in [1.54, 1.807) is 43.6 Å². The van der Waals surface area contributed by atoms with Gasteiger partial charge in [-0.3, -0.25) is 24.2 Å². The summed E-state index contributed by atoms with van der Waals surface area (Å²) in [5, 5.41) is 9.30. The van der Waals surface area contributed by atoms with Crippen molar-refractivity contribution in [2.24, 2.45) is 10.8 Å². The summed E-state index contributed by atoms with van der Waals surface area (Å²) in [6, 6.07) is 18.0. The largest absolute Gasteiger partial charge is 0.495 e. The van der Waals surface area contributed by atoms with Crippen molar-refractivity contribution >= 4 is 51.6 Å². The second-order valence-electron chi connectivity index (χ2n) is 18.1. The fourth-order valence-electron chi connectivity index (χ4n) is 7.28. The number of rotatable bonds is 27. The Hall–Kier alpha value is -5.92. The van der Waals surface area contributed by atoms with Crippen molar-refractivity contribution in [2.75, 3.05) is 115 Å². The number of benzene rings is 3. The van der Waals surface area contributed by atoms with Crippen LogP contribution in [-0.2, 0) is 42.9 Å². The van der Waals surface area contributed by atoms with Crippen LogP contribution in [0.2, 0.25) is 0 Å². The summed E-state index contributed by atoms with van der Waals surface area (Å²) in [6.45, 7) is 14.6. The van der Waals surface area contributed by atoms with Gasteiger partial charge in [0, 0.05) is 61.6 Å². The summed E-state index contributed by atoms with van der Waals surface area (Å²) in [5.74, 6) is 0.503. The number of methoxy groups -OCH3 is 1. The van der Waals surface area contributed by atoms with E-state index in [2.05, 4.69) is 46.6 Å². The van der Waals surface area contributed by atoms with Crippen molar-refractivity contribution in [1.82, 2.24) is 15.2 Å². The molecule has 17 nitrogen and oxygen atoms in total. The number of piperazine rings is 1. The number of anilines is 3. The molecule has 6 rings (SSSR count). The Bertz CT molecular complexity index is 2300. The second kappa shape index (κ2) is 25.6. The van der Waals surface area contributed by atoms with Gasteiger partial charge in [0.25, 0.3) is 0 Å². The fraction of sp³-hybridized carbons (Fsp3) is 0.510. The molecule has 0 bridgehead atoms. The first kappa shape index (κ1) is 52.5. The lowest BCUT2D eigenvalue weighted by atomic mass is 9.88. The zero-order chi connectivity index (χ0) is 49.2. The minimum Gasteiger partial charge on any atom is -0.495 e. The van der Waals surface area contributed by atoms with E-state index < -0.39 is 23.0 Å². The van der Waals surface area contributed by atoms with E-state index in [-0.39, 0.29) is 29.7 Å². The summed E-state index contributed by atoms with van der Waals surface area (Å²) < 4.78 is 53.2. The molecule has 1 aliphatic carbocycles. The lowest BCUT2D eigenvalue weighted by Gasteiger charge is -2.36. The van der Waals surface area contributed by atoms with Crippen LogP contribution in [0.3, 0.4) is 0 Å². The van der Waals surface area contributed by atoms with Crippen LogP contribution in [0, 0.1) is 16.6 Å². The Morgan fingerprint density at radius 2 is 1.22 bits per heavy atom. The molecule has 1 saturated heterocycles. The number of carbonyl (C=O) groups is 4. The van der Waals surface area contributed by atoms with Gasteiger partial charge < -0.3 is 58.9 Å². The van der Waals surface area contributed by atoms with E-state index in [0.717, 1.165) is 11.1 Å². The topological polar surface area (TPSA) is 188 Å². The highest BCUT2D eigenvalue weighted by atomic mass is 19.1. The predicted octanol–water partition coefficient (Wildman–Crippen LogP) is 6.59. The van der Waals surface area contributed by atoms with Gasteiger partial charge in [-0.1, -0.05) is 20.8 Å². The summed E-state index contributed by atoms with van der Waals surface area (Å²) in [6.07, 6.45) is 3.11. The molecule has 4 aromatic rings. The van der Waals surface area contributed by atoms with Gasteiger partial charge in [0.2, 0.25) is 23.6 Å². The number of aromatic nitrogens is 1. The van der Waals surface area contributed by atoms with E-state index in [9.17, 15) is 23.6 Å². The molecule has 1 atom stereocenters. The molecule has 4 amide bonds. The monoisotopic (exact) mass is 958 g/mol. The molecular formula is C51H67FN6O11. The highest BCUT2D eigenvalue weighted by Gasteiger charge is 2.56. The zero-order valence-corrected chi connectivity index (χ0v) is 40.4. The van der Waals surface area contributed by atoms with Crippen LogP contribution >= 0.6 is 0 Å². The molecule has 3 aromatic carbocycles. The van der Waals surface area contributed by atoms with Gasteiger partial charge in [-0.25, -0.2) is 4.39 Å². The number of fused-ring (bicyclic) bond motifs is 1. The predicted molar refractivity (Wildman–Crippen MR) is 259 cm³/mol. The molecule has 0 spiro atoms. The maximum atomic E-state index is 13.3. The van der Waals surface area contributed by atoms with Gasteiger partial charge in [-0.05, 0) is 91.9 Å². The van der Waals surface area contributed by atoms with E-state index >= 15 is 0 Å². The van der Waals surface area contributed by atoms with Crippen molar-refractivity contribution in [3.63, 3.8) is 0 Å². The van der Waals surface area contributed by atoms with E-state index in [4.69, 9.17) is 33.2 Å². The van der Waals surface area contributed by atoms with E-state index in [1.165, 1.54) is 24.3 Å². The maximum Gasteiger partial charge on any atom is 0.240 e. The molecule has 1 aromatic heterocycles. The molecule has 0 unspecified atom stereocenters. The first-order valence-electron chi connectivity index (χ1n) is 23.6. The number of nitrogens with zero attached hydrogens (tertiary/aromatic N) is 3. The smallest absolute Gasteiger partial charge is 0.240 e. The van der Waals surface area contributed by atoms with Crippen molar-refractivity contribution in [3.8, 4) is 17.2 Å². The van der Waals surface area contributed by atoms with Crippen molar-refractivity contribution in [2.45, 2.75) is 59.4 Å². The SMILES string of the molecule is COc1cc2c(Oc3ccc(NC(=O)C4(C(=O)Nc5ccc(F)cc5)CC4)cc3)ccnc2cc1N1CCN(C(=O)CCOCCOCCOCCOCCOCCC(=O)N[C@H](C)C(C)(C)C)CC1. The lowest BCUT2D eigenvalue weighted by molar-refractivity contribution is -0.133. The van der Waals surface area contributed by atoms with Crippen LogP contribution in [0.5, 0.6) is 17.2 Å². The van der Waals surface area contributed by atoms with Crippen LogP contribution in [-0.4, -0.2) is 139 Å². The lowest BCUT2D eigenvalue weighted by Crippen LogP contribution is -2.49. The molecule has 2 heterocycles. The minimum atomic E-state index is -1.18. The molecule has 1 saturated carbocycles. The summed E-state index contributed by atoms with van der Waals surface area (Å²) >= 11 is 0. The minimum absolute atomic E-state index is 0.0111. The number of nitrogens with one attached hydrogen (secondary N) is 3. The van der Waals surface area contributed by atoms with E-state index in [1.807, 2.05) is 24.0 Å². The summed E-state index contributed by atoms with van der Waals surface area (Å²) in [7, 11) is 1.62. The van der Waals surface area contributed by atoms with Gasteiger partial charge in [0.1, 0.15) is 28.5 Å². The molecule has 18 heteroatoms. The van der Waals surface area contributed by atoms with Gasteiger partial charge in [-0.15, -0.1) is 0 Å². The molecule has 1 aliphatic heterocycles. The van der Waals surface area contributed by atoms with E-state index in [0.29, 0.717) is 146 Å². The summed E-state index contributed by atoms with van der Waals surface area (Å²) in [5.41, 5.74) is 1.33. The van der Waals surface area contributed by atoms with Gasteiger partial charge in [-0.2, -0.15) is 0 Å². The Morgan fingerprint density at radius 1 is 0.696 bits per heavy atom. The fourth-order valence-corrected chi connectivity index (χ4v) is 7.28. The number of halogens is 1. The number of carbonyl (C=O) groups excluding carboxylic acids is 4. The number of hydrogen-bond acceptors (Lipinski definition) is 13. The van der Waals surface area contributed by atoms with Crippen LogP contribution in [0.15, 0.2) is 72.9 Å². The third kappa shape index (κ3) is 15.8. The molecule has 69 heavy (non-hydrogen) atoms. The quantitative estimate of drug-likeness (QED) is 0.0429. The number of pyridine rings is 1. The normalized spacial score (nSPS) is 14.8. The first-order valence-corrected chi connectivity index (χ1v) is 23.6. The molecule has 0 radical (unpaired) electrons. The van der Waals surface area contributed by atoms with Gasteiger partial charge in [0.15, 0.2) is 0 Å². The van der Waals surface area contributed by atoms with Gasteiger partial charge in [0.05, 0.1) is 90.8 Å². The number of ether oxygens (including phenoxy) is 7. The van der Waals surface area contributed by atoms with Crippen LogP contribution in [0.1, 0.15) is 53.4 Å². The summed E-state index contributed by atoms with van der Waals surface area (Å²) in [4.78, 5) is 59.8. The van der Waals surface area contributed by atoms with Crippen LogP contribution in [0.25, 0.3) is 10.9 Å². The molecule has 2 aliphatic rings. The number of hydrogen-bond donors (Lipinski definition) is 3. The van der Waals surface area contributed by atoms with Crippen LogP contribution < -0.4 is 30.3 Å². The zero-order valence-electron chi connectivity index (χ0n) is 40.4. The Kier molecular flexibility index (Phi) is 19.5. The highest BCUT2D eigenvalue weighted by Crippen LogP contribution is 2.47. The third-order valence-electron chi connectivity index (χ3n) is 12.1. The second-order valence-corrected chi connectivity index (χ2v) is 18.1. The van der Waals surface area contributed by atoms with Crippen LogP contribution in [0.4, 0.5) is 21.5 Å². The molecule has 374 valence electrons. The number of amides is 4. The molecule has 2 fully saturated rings. The Labute approximate surface area is 403 Å². The Balaban J connectivity index is 0.829. The van der Waals surface area contributed by atoms with Gasteiger partial charge >= 0.3 is 0 Å². The van der Waals surface area contributed by atoms with Crippen molar-refractivity contribution in [1.29, 1.82) is 0 Å². The van der Waals surface area contributed by atoms with Crippen molar-refractivity contribution < 1.29 is 56.7 Å². The average molecular weight is 959 g/mol. The maximum absolute atomic E-state index is 13.3. The molecular weight excluding hydrogens is 892 g/mol. The molecule has 3 N–H and O–H groups in total. The standard InChI is InChI=1S/C51H67FN6O11/c1-36(50(2,3)4)54-46(59)15-24-64-26-28-66-30-32-68-33-31-67-29-27-65-25-16-47(60)58-22-20-57(21-23-58)43-35-42-41(34-45(43)63-5)44(14-19-53-42)69-40-12-10-39(11-13-40)56-49(62)51(17-18-51)48(61)55-38-8-6-37(52)7-9-38/h6-14,19,34-36H,15-18,20-33H2,1-5H3,(H,54,59)(H,55,61)(H,56,62)/t36-/m1/s1. The third-order valence-corrected chi connectivity index (χ3v) is 12.1. The average Bonchev–Trinajstić information content (AvgIpc) is 4.16. The van der Waals surface area contributed by atoms with Crippen molar-refractivity contribution in [3.05, 3.63) is 78.7 Å². The first-order chi connectivity index (χ1) is 33.3.